The summed E-state index contributed by atoms with van der Waals surface area (Å²) in [5.41, 5.74) is 4.35. The first-order chi connectivity index (χ1) is 11.6. The van der Waals surface area contributed by atoms with Crippen molar-refractivity contribution in [3.8, 4) is 0 Å². The zero-order valence-corrected chi connectivity index (χ0v) is 13.7. The van der Waals surface area contributed by atoms with Gasteiger partial charge in [-0.3, -0.25) is 10.2 Å². The fourth-order valence-electron chi connectivity index (χ4n) is 2.41. The van der Waals surface area contributed by atoms with E-state index in [2.05, 4.69) is 15.7 Å². The van der Waals surface area contributed by atoms with Gasteiger partial charge in [0.25, 0.3) is 5.91 Å². The van der Waals surface area contributed by atoms with Gasteiger partial charge < -0.3 is 9.73 Å². The van der Waals surface area contributed by atoms with E-state index in [1.165, 1.54) is 11.3 Å². The fraction of sp³-hybridized carbons (Fsp3) is 0. The lowest BCUT2D eigenvalue weighted by Crippen LogP contribution is -2.10. The number of anilines is 2. The minimum absolute atomic E-state index is 0.237. The molecule has 1 amide bonds. The highest BCUT2D eigenvalue weighted by atomic mass is 35.5. The zero-order chi connectivity index (χ0) is 16.7. The van der Waals surface area contributed by atoms with Crippen LogP contribution in [0.5, 0.6) is 0 Å². The zero-order valence-electron chi connectivity index (χ0n) is 12.2. The molecule has 2 aromatic carbocycles. The van der Waals surface area contributed by atoms with E-state index in [-0.39, 0.29) is 11.7 Å². The van der Waals surface area contributed by atoms with Gasteiger partial charge in [-0.25, -0.2) is 10.8 Å². The maximum absolute atomic E-state index is 12.4. The largest absolute Gasteiger partial charge is 0.451 e. The first kappa shape index (κ1) is 14.9. The van der Waals surface area contributed by atoms with Crippen molar-refractivity contribution in [3.63, 3.8) is 0 Å². The van der Waals surface area contributed by atoms with E-state index in [0.29, 0.717) is 26.9 Å². The summed E-state index contributed by atoms with van der Waals surface area (Å²) >= 11 is 7.57. The molecule has 8 heteroatoms. The molecule has 6 nitrogen and oxygen atoms in total. The van der Waals surface area contributed by atoms with Crippen molar-refractivity contribution < 1.29 is 9.21 Å². The van der Waals surface area contributed by atoms with Crippen LogP contribution < -0.4 is 16.6 Å². The van der Waals surface area contributed by atoms with Gasteiger partial charge in [-0.2, -0.15) is 0 Å². The smallest absolute Gasteiger partial charge is 0.291 e. The van der Waals surface area contributed by atoms with Crippen molar-refractivity contribution in [1.82, 2.24) is 4.98 Å². The minimum atomic E-state index is -0.344. The number of para-hydroxylation sites is 1. The number of nitrogens with zero attached hydrogens (tertiary/aromatic N) is 1. The Bertz CT molecular complexity index is 1040. The molecule has 0 atom stereocenters. The second kappa shape index (κ2) is 5.79. The van der Waals surface area contributed by atoms with E-state index < -0.39 is 0 Å². The van der Waals surface area contributed by atoms with Gasteiger partial charge in [0.15, 0.2) is 10.9 Å². The Morgan fingerprint density at radius 1 is 1.25 bits per heavy atom. The molecular formula is C16H11ClN4O2S. The number of furan rings is 1. The number of hydrogen-bond acceptors (Lipinski definition) is 6. The highest BCUT2D eigenvalue weighted by Crippen LogP contribution is 2.33. The second-order valence-corrected chi connectivity index (χ2v) is 6.51. The van der Waals surface area contributed by atoms with Crippen molar-refractivity contribution >= 4 is 60.8 Å². The Balaban J connectivity index is 1.66. The first-order valence-electron chi connectivity index (χ1n) is 7.00. The van der Waals surface area contributed by atoms with Crippen LogP contribution in [0.4, 0.5) is 10.8 Å². The van der Waals surface area contributed by atoms with Crippen LogP contribution in [0.2, 0.25) is 5.02 Å². The molecule has 0 aliphatic heterocycles. The summed E-state index contributed by atoms with van der Waals surface area (Å²) in [6, 6.07) is 12.6. The number of hydrazine groups is 1. The third-order valence-electron chi connectivity index (χ3n) is 3.48. The molecule has 0 radical (unpaired) electrons. The summed E-state index contributed by atoms with van der Waals surface area (Å²) in [4.78, 5) is 16.7. The number of nitrogen functional groups attached to an aromatic ring is 1. The predicted octanol–water partition coefficient (Wildman–Crippen LogP) is 4.23. The van der Waals surface area contributed by atoms with E-state index in [4.69, 9.17) is 21.9 Å². The summed E-state index contributed by atoms with van der Waals surface area (Å²) in [6.07, 6.45) is 0. The number of thiazole rings is 1. The average Bonchev–Trinajstić information content (AvgIpc) is 3.18. The molecule has 4 aromatic rings. The number of carbonyl (C=O) groups excluding carboxylic acids is 1. The highest BCUT2D eigenvalue weighted by Gasteiger charge is 2.14. The molecule has 0 saturated carbocycles. The van der Waals surface area contributed by atoms with E-state index >= 15 is 0 Å². The van der Waals surface area contributed by atoms with Crippen LogP contribution in [-0.2, 0) is 0 Å². The van der Waals surface area contributed by atoms with E-state index in [1.807, 2.05) is 24.3 Å². The van der Waals surface area contributed by atoms with Crippen LogP contribution in [-0.4, -0.2) is 10.9 Å². The lowest BCUT2D eigenvalue weighted by atomic mass is 10.2. The quantitative estimate of drug-likeness (QED) is 0.376. The number of carbonyl (C=O) groups is 1. The van der Waals surface area contributed by atoms with Gasteiger partial charge in [-0.05, 0) is 24.3 Å². The van der Waals surface area contributed by atoms with E-state index in [0.717, 1.165) is 10.1 Å². The Kier molecular flexibility index (Phi) is 3.61. The standard InChI is InChI=1S/C16H11ClN4O2S/c17-10-6-9(7-13-14(10)20-16(21-18)24-13)19-15(22)12-5-8-3-1-2-4-11(8)23-12/h1-7H,18H2,(H,19,22)(H,20,21). The van der Waals surface area contributed by atoms with Crippen LogP contribution in [0.15, 0.2) is 46.9 Å². The number of halogens is 1. The molecule has 2 heterocycles. The molecule has 0 saturated heterocycles. The van der Waals surface area contributed by atoms with Gasteiger partial charge in [0, 0.05) is 11.1 Å². The predicted molar refractivity (Wildman–Crippen MR) is 96.6 cm³/mol. The summed E-state index contributed by atoms with van der Waals surface area (Å²) in [5, 5.41) is 4.65. The van der Waals surface area contributed by atoms with Crippen molar-refractivity contribution in [3.05, 3.63) is 53.2 Å². The molecule has 120 valence electrons. The number of benzene rings is 2. The monoisotopic (exact) mass is 358 g/mol. The number of fused-ring (bicyclic) bond motifs is 2. The Morgan fingerprint density at radius 2 is 2.08 bits per heavy atom. The van der Waals surface area contributed by atoms with E-state index in [9.17, 15) is 4.79 Å². The van der Waals surface area contributed by atoms with Gasteiger partial charge in [0.05, 0.1) is 9.72 Å². The average molecular weight is 359 g/mol. The molecule has 2 aromatic heterocycles. The molecule has 0 spiro atoms. The van der Waals surface area contributed by atoms with Crippen LogP contribution in [0.3, 0.4) is 0 Å². The van der Waals surface area contributed by atoms with Crippen LogP contribution in [0.1, 0.15) is 10.6 Å². The number of nitrogens with one attached hydrogen (secondary N) is 2. The third-order valence-corrected chi connectivity index (χ3v) is 4.70. The number of amides is 1. The Morgan fingerprint density at radius 3 is 2.88 bits per heavy atom. The third kappa shape index (κ3) is 2.58. The van der Waals surface area contributed by atoms with E-state index in [1.54, 1.807) is 18.2 Å². The SMILES string of the molecule is NNc1nc2c(Cl)cc(NC(=O)c3cc4ccccc4o3)cc2s1. The van der Waals surface area contributed by atoms with Gasteiger partial charge >= 0.3 is 0 Å². The van der Waals surface area contributed by atoms with Crippen LogP contribution in [0.25, 0.3) is 21.2 Å². The Hall–Kier alpha value is -2.61. The number of hydrogen-bond donors (Lipinski definition) is 3. The molecule has 0 aliphatic carbocycles. The molecule has 0 bridgehead atoms. The summed E-state index contributed by atoms with van der Waals surface area (Å²) < 4.78 is 6.38. The maximum atomic E-state index is 12.4. The van der Waals surface area contributed by atoms with Gasteiger partial charge in [0.2, 0.25) is 0 Å². The number of rotatable bonds is 3. The number of nitrogens with two attached hydrogens (primary N) is 1. The van der Waals surface area contributed by atoms with Crippen molar-refractivity contribution in [2.45, 2.75) is 0 Å². The molecule has 0 aliphatic rings. The number of aromatic nitrogens is 1. The molecule has 24 heavy (non-hydrogen) atoms. The minimum Gasteiger partial charge on any atom is -0.451 e. The highest BCUT2D eigenvalue weighted by molar-refractivity contribution is 7.22. The lowest BCUT2D eigenvalue weighted by molar-refractivity contribution is 0.0998. The van der Waals surface area contributed by atoms with Crippen LogP contribution >= 0.6 is 22.9 Å². The summed E-state index contributed by atoms with van der Waals surface area (Å²) in [6.45, 7) is 0. The second-order valence-electron chi connectivity index (χ2n) is 5.07. The van der Waals surface area contributed by atoms with Gasteiger partial charge in [0.1, 0.15) is 11.1 Å². The molecule has 4 rings (SSSR count). The van der Waals surface area contributed by atoms with Crippen molar-refractivity contribution in [2.75, 3.05) is 10.7 Å². The maximum Gasteiger partial charge on any atom is 0.291 e. The fourth-order valence-corrected chi connectivity index (χ4v) is 3.57. The normalized spacial score (nSPS) is 11.1. The van der Waals surface area contributed by atoms with Crippen molar-refractivity contribution in [1.29, 1.82) is 0 Å². The van der Waals surface area contributed by atoms with Gasteiger partial charge in [-0.15, -0.1) is 0 Å². The molecule has 0 fully saturated rings. The summed E-state index contributed by atoms with van der Waals surface area (Å²) in [7, 11) is 0. The molecular weight excluding hydrogens is 348 g/mol. The van der Waals surface area contributed by atoms with Gasteiger partial charge in [-0.1, -0.05) is 41.1 Å². The topological polar surface area (TPSA) is 93.2 Å². The molecule has 4 N–H and O–H groups in total. The summed E-state index contributed by atoms with van der Waals surface area (Å²) in [5.74, 6) is 5.26. The first-order valence-corrected chi connectivity index (χ1v) is 8.20. The lowest BCUT2D eigenvalue weighted by Gasteiger charge is -2.04. The molecule has 0 unspecified atom stereocenters. The Labute approximate surface area is 145 Å². The van der Waals surface area contributed by atoms with Crippen LogP contribution in [0, 0.1) is 0 Å². The van der Waals surface area contributed by atoms with Crippen molar-refractivity contribution in [2.24, 2.45) is 5.84 Å².